The first kappa shape index (κ1) is 14.4. The van der Waals surface area contributed by atoms with Gasteiger partial charge in [-0.15, -0.1) is 0 Å². The molecule has 1 heterocycles. The third-order valence-corrected chi connectivity index (χ3v) is 3.78. The Morgan fingerprint density at radius 2 is 2.10 bits per heavy atom. The average Bonchev–Trinajstić information content (AvgIpc) is 2.73. The van der Waals surface area contributed by atoms with Crippen LogP contribution in [0.1, 0.15) is 5.69 Å². The number of nitrogens with one attached hydrogen (secondary N) is 1. The normalized spacial score (nSPS) is 11.5. The molecule has 0 atom stereocenters. The van der Waals surface area contributed by atoms with Crippen LogP contribution in [0.15, 0.2) is 35.4 Å². The average molecular weight is 295 g/mol. The Hall–Kier alpha value is -2.06. The van der Waals surface area contributed by atoms with E-state index < -0.39 is 10.0 Å². The molecule has 0 saturated carbocycles. The van der Waals surface area contributed by atoms with Crippen LogP contribution in [0, 0.1) is 0 Å². The zero-order chi connectivity index (χ0) is 14.8. The fourth-order valence-electron chi connectivity index (χ4n) is 1.85. The molecule has 7 nitrogen and oxygen atoms in total. The Morgan fingerprint density at radius 1 is 1.35 bits per heavy atom. The molecular formula is C12H17N5O2S. The summed E-state index contributed by atoms with van der Waals surface area (Å²) in [4.78, 5) is -0.0622. The summed E-state index contributed by atoms with van der Waals surface area (Å²) in [7, 11) is -1.91. The number of nitrogen functional groups attached to an aromatic ring is 1. The van der Waals surface area contributed by atoms with Gasteiger partial charge in [-0.25, -0.2) is 13.6 Å². The van der Waals surface area contributed by atoms with E-state index in [0.29, 0.717) is 6.54 Å². The molecule has 0 aliphatic carbocycles. The van der Waals surface area contributed by atoms with Gasteiger partial charge in [0.25, 0.3) is 0 Å². The van der Waals surface area contributed by atoms with Gasteiger partial charge in [-0.1, -0.05) is 0 Å². The molecule has 0 radical (unpaired) electrons. The Labute approximate surface area is 117 Å². The topological polar surface area (TPSA) is 116 Å². The van der Waals surface area contributed by atoms with Crippen molar-refractivity contribution in [2.24, 2.45) is 12.2 Å². The van der Waals surface area contributed by atoms with Crippen LogP contribution in [0.4, 0.5) is 11.4 Å². The maximum atomic E-state index is 11.2. The smallest absolute Gasteiger partial charge is 0.240 e. The van der Waals surface area contributed by atoms with E-state index in [1.807, 2.05) is 19.3 Å². The van der Waals surface area contributed by atoms with Gasteiger partial charge in [0.05, 0.1) is 11.4 Å². The third-order valence-electron chi connectivity index (χ3n) is 2.80. The van der Waals surface area contributed by atoms with Crippen molar-refractivity contribution in [3.8, 4) is 0 Å². The molecule has 2 rings (SSSR count). The lowest BCUT2D eigenvalue weighted by molar-refractivity contribution is 0.598. The van der Waals surface area contributed by atoms with Gasteiger partial charge in [0.15, 0.2) is 0 Å². The Balaban J connectivity index is 1.99. The zero-order valence-corrected chi connectivity index (χ0v) is 11.9. The van der Waals surface area contributed by atoms with Gasteiger partial charge in [0, 0.05) is 31.9 Å². The lowest BCUT2D eigenvalue weighted by atomic mass is 10.2. The molecule has 0 amide bonds. The zero-order valence-electron chi connectivity index (χ0n) is 11.1. The minimum Gasteiger partial charge on any atom is -0.398 e. The Bertz CT molecular complexity index is 708. The van der Waals surface area contributed by atoms with E-state index in [2.05, 4.69) is 10.4 Å². The van der Waals surface area contributed by atoms with Gasteiger partial charge in [-0.3, -0.25) is 4.68 Å². The standard InChI is InChI=1S/C12H17N5O2S/c1-17-7-5-9(16-17)4-6-15-10-2-3-12(11(13)8-10)20(14,18)19/h2-3,5,7-8,15H,4,6,13H2,1H3,(H2,14,18,19). The first-order valence-corrected chi connectivity index (χ1v) is 7.55. The number of anilines is 2. The van der Waals surface area contributed by atoms with Crippen molar-refractivity contribution in [2.75, 3.05) is 17.6 Å². The van der Waals surface area contributed by atoms with Crippen molar-refractivity contribution in [3.63, 3.8) is 0 Å². The summed E-state index contributed by atoms with van der Waals surface area (Å²) < 4.78 is 24.2. The van der Waals surface area contributed by atoms with Crippen LogP contribution in [0.2, 0.25) is 0 Å². The lowest BCUT2D eigenvalue weighted by Gasteiger charge is -2.08. The lowest BCUT2D eigenvalue weighted by Crippen LogP contribution is -2.14. The van der Waals surface area contributed by atoms with E-state index >= 15 is 0 Å². The van der Waals surface area contributed by atoms with E-state index in [4.69, 9.17) is 10.9 Å². The second-order valence-corrected chi connectivity index (χ2v) is 5.98. The summed E-state index contributed by atoms with van der Waals surface area (Å²) in [5.74, 6) is 0. The number of sulfonamides is 1. The van der Waals surface area contributed by atoms with Crippen molar-refractivity contribution in [2.45, 2.75) is 11.3 Å². The van der Waals surface area contributed by atoms with Crippen LogP contribution in [0.3, 0.4) is 0 Å². The fraction of sp³-hybridized carbons (Fsp3) is 0.250. The van der Waals surface area contributed by atoms with E-state index in [9.17, 15) is 8.42 Å². The molecule has 0 aliphatic rings. The highest BCUT2D eigenvalue weighted by Crippen LogP contribution is 2.21. The first-order valence-electron chi connectivity index (χ1n) is 6.01. The molecule has 1 aromatic carbocycles. The van der Waals surface area contributed by atoms with Gasteiger partial charge in [0.1, 0.15) is 4.90 Å². The molecule has 8 heteroatoms. The van der Waals surface area contributed by atoms with Crippen LogP contribution in [0.5, 0.6) is 0 Å². The number of rotatable bonds is 5. The van der Waals surface area contributed by atoms with Gasteiger partial charge in [-0.2, -0.15) is 5.10 Å². The predicted octanol–water partition coefficient (Wildman–Crippen LogP) is 0.304. The highest BCUT2D eigenvalue weighted by Gasteiger charge is 2.12. The second-order valence-electron chi connectivity index (χ2n) is 4.46. The minimum atomic E-state index is -3.78. The maximum absolute atomic E-state index is 11.2. The molecule has 0 bridgehead atoms. The molecule has 20 heavy (non-hydrogen) atoms. The summed E-state index contributed by atoms with van der Waals surface area (Å²) >= 11 is 0. The summed E-state index contributed by atoms with van der Waals surface area (Å²) in [5, 5.41) is 12.5. The van der Waals surface area contributed by atoms with Crippen molar-refractivity contribution in [3.05, 3.63) is 36.2 Å². The number of primary sulfonamides is 1. The van der Waals surface area contributed by atoms with E-state index in [-0.39, 0.29) is 10.6 Å². The summed E-state index contributed by atoms with van der Waals surface area (Å²) in [6.07, 6.45) is 2.64. The highest BCUT2D eigenvalue weighted by atomic mass is 32.2. The first-order chi connectivity index (χ1) is 9.36. The largest absolute Gasteiger partial charge is 0.398 e. The van der Waals surface area contributed by atoms with Gasteiger partial charge >= 0.3 is 0 Å². The minimum absolute atomic E-state index is 0.0622. The molecule has 1 aromatic heterocycles. The molecule has 0 spiro atoms. The SMILES string of the molecule is Cn1ccc(CCNc2ccc(S(N)(=O)=O)c(N)c2)n1. The van der Waals surface area contributed by atoms with Crippen molar-refractivity contribution < 1.29 is 8.42 Å². The van der Waals surface area contributed by atoms with Crippen molar-refractivity contribution >= 4 is 21.4 Å². The third kappa shape index (κ3) is 3.49. The van der Waals surface area contributed by atoms with Crippen LogP contribution < -0.4 is 16.2 Å². The molecular weight excluding hydrogens is 278 g/mol. The fourth-order valence-corrected chi connectivity index (χ4v) is 2.49. The molecule has 108 valence electrons. The molecule has 0 fully saturated rings. The molecule has 0 saturated heterocycles. The van der Waals surface area contributed by atoms with E-state index in [1.165, 1.54) is 6.07 Å². The van der Waals surface area contributed by atoms with Crippen LogP contribution in [-0.2, 0) is 23.5 Å². The highest BCUT2D eigenvalue weighted by molar-refractivity contribution is 7.89. The van der Waals surface area contributed by atoms with Gasteiger partial charge in [0.2, 0.25) is 10.0 Å². The predicted molar refractivity (Wildman–Crippen MR) is 77.6 cm³/mol. The number of hydrogen-bond acceptors (Lipinski definition) is 5. The van der Waals surface area contributed by atoms with Crippen LogP contribution in [-0.4, -0.2) is 24.7 Å². The monoisotopic (exact) mass is 295 g/mol. The summed E-state index contributed by atoms with van der Waals surface area (Å²) in [6.45, 7) is 0.672. The number of nitrogens with two attached hydrogens (primary N) is 2. The number of nitrogens with zero attached hydrogens (tertiary/aromatic N) is 2. The summed E-state index contributed by atoms with van der Waals surface area (Å²) in [5.41, 5.74) is 7.54. The number of aryl methyl sites for hydroxylation is 1. The van der Waals surface area contributed by atoms with Crippen molar-refractivity contribution in [1.29, 1.82) is 0 Å². The van der Waals surface area contributed by atoms with Crippen LogP contribution in [0.25, 0.3) is 0 Å². The molecule has 0 aliphatic heterocycles. The van der Waals surface area contributed by atoms with Crippen LogP contribution >= 0.6 is 0 Å². The molecule has 5 N–H and O–H groups in total. The second kappa shape index (κ2) is 5.51. The molecule has 2 aromatic rings. The van der Waals surface area contributed by atoms with Gasteiger partial charge < -0.3 is 11.1 Å². The quantitative estimate of drug-likeness (QED) is 0.686. The number of aromatic nitrogens is 2. The summed E-state index contributed by atoms with van der Waals surface area (Å²) in [6, 6.07) is 6.53. The molecule has 0 unspecified atom stereocenters. The number of hydrogen-bond donors (Lipinski definition) is 3. The maximum Gasteiger partial charge on any atom is 0.240 e. The van der Waals surface area contributed by atoms with E-state index in [1.54, 1.807) is 16.8 Å². The van der Waals surface area contributed by atoms with Crippen molar-refractivity contribution in [1.82, 2.24) is 9.78 Å². The number of benzene rings is 1. The van der Waals surface area contributed by atoms with Gasteiger partial charge in [-0.05, 0) is 24.3 Å². The Kier molecular flexibility index (Phi) is 3.96. The Morgan fingerprint density at radius 3 is 2.65 bits per heavy atom. The van der Waals surface area contributed by atoms with E-state index in [0.717, 1.165) is 17.8 Å².